The molecular formula is C11H12NO2. The Bertz CT molecular complexity index is 370. The van der Waals surface area contributed by atoms with E-state index in [4.69, 9.17) is 0 Å². The summed E-state index contributed by atoms with van der Waals surface area (Å²) in [6.45, 7) is 7.44. The molecule has 0 saturated heterocycles. The first-order chi connectivity index (χ1) is 6.57. The van der Waals surface area contributed by atoms with Crippen LogP contribution in [0.2, 0.25) is 0 Å². The fourth-order valence-electron chi connectivity index (χ4n) is 1.36. The van der Waals surface area contributed by atoms with Crippen molar-refractivity contribution in [2.45, 2.75) is 13.8 Å². The molecule has 0 unspecified atom stereocenters. The van der Waals surface area contributed by atoms with Gasteiger partial charge in [0.25, 0.3) is 5.69 Å². The maximum absolute atomic E-state index is 10.7. The van der Waals surface area contributed by atoms with Crippen LogP contribution in [0.1, 0.15) is 25.0 Å². The van der Waals surface area contributed by atoms with Crippen molar-refractivity contribution in [3.8, 4) is 0 Å². The van der Waals surface area contributed by atoms with Crippen LogP contribution in [0, 0.1) is 16.0 Å². The van der Waals surface area contributed by atoms with E-state index in [0.717, 1.165) is 11.5 Å². The lowest BCUT2D eigenvalue weighted by atomic mass is 9.96. The molecule has 0 aliphatic heterocycles. The third kappa shape index (κ3) is 1.82. The van der Waals surface area contributed by atoms with Gasteiger partial charge >= 0.3 is 0 Å². The summed E-state index contributed by atoms with van der Waals surface area (Å²) in [5, 5.41) is 10.7. The number of rotatable bonds is 3. The fraction of sp³-hybridized carbons (Fsp3) is 0.182. The lowest BCUT2D eigenvalue weighted by molar-refractivity contribution is -0.385. The van der Waals surface area contributed by atoms with E-state index in [0.29, 0.717) is 5.56 Å². The van der Waals surface area contributed by atoms with Crippen molar-refractivity contribution in [2.75, 3.05) is 0 Å². The molecule has 0 atom stereocenters. The molecule has 1 radical (unpaired) electrons. The average molecular weight is 190 g/mol. The van der Waals surface area contributed by atoms with E-state index in [2.05, 4.69) is 6.58 Å². The van der Waals surface area contributed by atoms with E-state index < -0.39 is 0 Å². The number of hydrogen-bond donors (Lipinski definition) is 0. The van der Waals surface area contributed by atoms with Crippen LogP contribution >= 0.6 is 0 Å². The highest BCUT2D eigenvalue weighted by Gasteiger charge is 2.15. The largest absolute Gasteiger partial charge is 0.276 e. The molecule has 1 aromatic rings. The van der Waals surface area contributed by atoms with Gasteiger partial charge in [-0.25, -0.2) is 0 Å². The van der Waals surface area contributed by atoms with Gasteiger partial charge in [-0.1, -0.05) is 38.6 Å². The van der Waals surface area contributed by atoms with Crippen LogP contribution < -0.4 is 0 Å². The first-order valence-corrected chi connectivity index (χ1v) is 4.28. The normalized spacial score (nSPS) is 10.2. The van der Waals surface area contributed by atoms with Gasteiger partial charge in [0, 0.05) is 6.07 Å². The summed E-state index contributed by atoms with van der Waals surface area (Å²) in [6, 6.07) is 5.04. The second-order valence-corrected chi connectivity index (χ2v) is 3.20. The number of hydrogen-bond acceptors (Lipinski definition) is 2. The highest BCUT2D eigenvalue weighted by Crippen LogP contribution is 2.27. The Balaban J connectivity index is 3.39. The molecule has 73 valence electrons. The molecule has 0 amide bonds. The second kappa shape index (κ2) is 4.05. The minimum atomic E-state index is -0.385. The van der Waals surface area contributed by atoms with Crippen molar-refractivity contribution < 1.29 is 4.92 Å². The van der Waals surface area contributed by atoms with Crippen molar-refractivity contribution in [3.63, 3.8) is 0 Å². The molecule has 3 heteroatoms. The van der Waals surface area contributed by atoms with Gasteiger partial charge in [0.1, 0.15) is 0 Å². The summed E-state index contributed by atoms with van der Waals surface area (Å²) < 4.78 is 0. The predicted octanol–water partition coefficient (Wildman–Crippen LogP) is 3.20. The highest BCUT2D eigenvalue weighted by atomic mass is 16.6. The van der Waals surface area contributed by atoms with Crippen molar-refractivity contribution in [1.29, 1.82) is 0 Å². The lowest BCUT2D eigenvalue weighted by Crippen LogP contribution is -1.98. The summed E-state index contributed by atoms with van der Waals surface area (Å²) >= 11 is 0. The van der Waals surface area contributed by atoms with E-state index in [9.17, 15) is 10.1 Å². The molecular weight excluding hydrogens is 178 g/mol. The predicted molar refractivity (Wildman–Crippen MR) is 56.9 cm³/mol. The SMILES string of the molecule is C=Cc1c([C](C)C)cccc1[N+](=O)[O-]. The topological polar surface area (TPSA) is 43.1 Å². The molecule has 1 rings (SSSR count). The maximum Gasteiger partial charge on any atom is 0.276 e. The van der Waals surface area contributed by atoms with Crippen LogP contribution in [-0.2, 0) is 0 Å². The zero-order chi connectivity index (χ0) is 10.7. The Morgan fingerprint density at radius 1 is 1.50 bits per heavy atom. The quantitative estimate of drug-likeness (QED) is 0.542. The van der Waals surface area contributed by atoms with Crippen molar-refractivity contribution in [2.24, 2.45) is 0 Å². The number of benzene rings is 1. The monoisotopic (exact) mass is 190 g/mol. The molecule has 0 N–H and O–H groups in total. The van der Waals surface area contributed by atoms with Crippen molar-refractivity contribution in [3.05, 3.63) is 51.9 Å². The smallest absolute Gasteiger partial charge is 0.258 e. The third-order valence-electron chi connectivity index (χ3n) is 2.02. The van der Waals surface area contributed by atoms with Gasteiger partial charge in [0.05, 0.1) is 10.5 Å². The summed E-state index contributed by atoms with van der Waals surface area (Å²) in [7, 11) is 0. The molecule has 0 bridgehead atoms. The number of nitro groups is 1. The van der Waals surface area contributed by atoms with E-state index >= 15 is 0 Å². The molecule has 3 nitrogen and oxygen atoms in total. The second-order valence-electron chi connectivity index (χ2n) is 3.20. The van der Waals surface area contributed by atoms with Gasteiger partial charge in [-0.2, -0.15) is 0 Å². The Hall–Kier alpha value is -1.64. The first-order valence-electron chi connectivity index (χ1n) is 4.28. The van der Waals surface area contributed by atoms with Gasteiger partial charge in [0.15, 0.2) is 0 Å². The van der Waals surface area contributed by atoms with Crippen LogP contribution in [0.25, 0.3) is 6.08 Å². The zero-order valence-corrected chi connectivity index (χ0v) is 8.28. The molecule has 0 aliphatic rings. The Labute approximate surface area is 83.2 Å². The molecule has 0 aliphatic carbocycles. The van der Waals surface area contributed by atoms with E-state index in [1.165, 1.54) is 12.1 Å². The molecule has 0 spiro atoms. The Morgan fingerprint density at radius 2 is 2.14 bits per heavy atom. The van der Waals surface area contributed by atoms with Gasteiger partial charge in [0.2, 0.25) is 0 Å². The molecule has 0 saturated carbocycles. The number of nitro benzene ring substituents is 1. The van der Waals surface area contributed by atoms with Crippen molar-refractivity contribution >= 4 is 11.8 Å². The summed E-state index contributed by atoms with van der Waals surface area (Å²) in [5.74, 6) is 1.05. The molecule has 1 aromatic carbocycles. The van der Waals surface area contributed by atoms with E-state index in [-0.39, 0.29) is 10.6 Å². The van der Waals surface area contributed by atoms with E-state index in [1.807, 2.05) is 19.9 Å². The third-order valence-corrected chi connectivity index (χ3v) is 2.02. The van der Waals surface area contributed by atoms with Crippen LogP contribution in [0.4, 0.5) is 5.69 Å². The Morgan fingerprint density at radius 3 is 2.57 bits per heavy atom. The van der Waals surface area contributed by atoms with Crippen LogP contribution in [0.3, 0.4) is 0 Å². The number of nitrogens with zero attached hydrogens (tertiary/aromatic N) is 1. The fourth-order valence-corrected chi connectivity index (χ4v) is 1.36. The summed E-state index contributed by atoms with van der Waals surface area (Å²) in [4.78, 5) is 10.3. The average Bonchev–Trinajstić information content (AvgIpc) is 2.16. The first kappa shape index (κ1) is 10.4. The van der Waals surface area contributed by atoms with E-state index in [1.54, 1.807) is 6.07 Å². The zero-order valence-electron chi connectivity index (χ0n) is 8.28. The van der Waals surface area contributed by atoms with Gasteiger partial charge in [-0.15, -0.1) is 0 Å². The van der Waals surface area contributed by atoms with Gasteiger partial charge in [-0.3, -0.25) is 10.1 Å². The molecule has 0 fully saturated rings. The van der Waals surface area contributed by atoms with Crippen LogP contribution in [0.15, 0.2) is 24.8 Å². The summed E-state index contributed by atoms with van der Waals surface area (Å²) in [5.41, 5.74) is 1.59. The van der Waals surface area contributed by atoms with Gasteiger partial charge < -0.3 is 0 Å². The van der Waals surface area contributed by atoms with Crippen molar-refractivity contribution in [1.82, 2.24) is 0 Å². The maximum atomic E-state index is 10.7. The van der Waals surface area contributed by atoms with Crippen LogP contribution in [0.5, 0.6) is 0 Å². The minimum Gasteiger partial charge on any atom is -0.258 e. The molecule has 14 heavy (non-hydrogen) atoms. The minimum absolute atomic E-state index is 0.110. The van der Waals surface area contributed by atoms with Crippen LogP contribution in [-0.4, -0.2) is 4.92 Å². The highest BCUT2D eigenvalue weighted by molar-refractivity contribution is 5.65. The van der Waals surface area contributed by atoms with Gasteiger partial charge in [-0.05, 0) is 11.5 Å². The Kier molecular flexibility index (Phi) is 3.02. The molecule has 0 heterocycles. The lowest BCUT2D eigenvalue weighted by Gasteiger charge is -2.08. The standard InChI is InChI=1S/C11H12NO2/c1-4-9-10(8(2)3)6-5-7-11(9)12(13)14/h4-7H,1H2,2-3H3. The molecule has 0 aromatic heterocycles. The summed E-state index contributed by atoms with van der Waals surface area (Å²) in [6.07, 6.45) is 1.53.